The van der Waals surface area contributed by atoms with Crippen molar-refractivity contribution in [3.8, 4) is 0 Å². The molecule has 2 aromatic carbocycles. The number of hydrogen-bond donors (Lipinski definition) is 3. The summed E-state index contributed by atoms with van der Waals surface area (Å²) in [5.74, 6) is -0.736. The number of nitrogens with two attached hydrogens (primary N) is 1. The number of rotatable bonds is 4. The lowest BCUT2D eigenvalue weighted by atomic mass is 10.2. The summed E-state index contributed by atoms with van der Waals surface area (Å²) in [7, 11) is -3.84. The number of sulfonamides is 1. The SMILES string of the molecule is Nc1ccc2oc(C(=O)NNS(=O)(=O)c3ccccc3)cc2c1. The van der Waals surface area contributed by atoms with Crippen LogP contribution in [0.4, 0.5) is 5.69 Å². The van der Waals surface area contributed by atoms with E-state index in [9.17, 15) is 13.2 Å². The summed E-state index contributed by atoms with van der Waals surface area (Å²) < 4.78 is 29.4. The van der Waals surface area contributed by atoms with Crippen LogP contribution in [0.25, 0.3) is 11.0 Å². The van der Waals surface area contributed by atoms with Gasteiger partial charge in [0.2, 0.25) is 0 Å². The van der Waals surface area contributed by atoms with Crippen molar-refractivity contribution in [2.45, 2.75) is 4.90 Å². The molecule has 0 atom stereocenters. The molecule has 0 spiro atoms. The molecule has 0 fully saturated rings. The van der Waals surface area contributed by atoms with Crippen molar-refractivity contribution in [3.05, 3.63) is 60.4 Å². The Hall–Kier alpha value is -2.84. The van der Waals surface area contributed by atoms with E-state index in [2.05, 4.69) is 5.43 Å². The van der Waals surface area contributed by atoms with Crippen LogP contribution < -0.4 is 16.0 Å². The van der Waals surface area contributed by atoms with Gasteiger partial charge < -0.3 is 10.2 Å². The number of carbonyl (C=O) groups is 1. The Morgan fingerprint density at radius 1 is 1.04 bits per heavy atom. The number of anilines is 1. The minimum Gasteiger partial charge on any atom is -0.451 e. The van der Waals surface area contributed by atoms with Gasteiger partial charge in [0.15, 0.2) is 5.76 Å². The van der Waals surface area contributed by atoms with Crippen LogP contribution in [0.15, 0.2) is 63.9 Å². The lowest BCUT2D eigenvalue weighted by Gasteiger charge is -2.06. The van der Waals surface area contributed by atoms with E-state index in [0.29, 0.717) is 16.7 Å². The van der Waals surface area contributed by atoms with E-state index >= 15 is 0 Å². The van der Waals surface area contributed by atoms with Gasteiger partial charge >= 0.3 is 5.91 Å². The fourth-order valence-electron chi connectivity index (χ4n) is 2.01. The maximum Gasteiger partial charge on any atom is 0.301 e. The monoisotopic (exact) mass is 331 g/mol. The molecule has 7 nitrogen and oxygen atoms in total. The number of benzene rings is 2. The summed E-state index contributed by atoms with van der Waals surface area (Å²) in [5.41, 5.74) is 8.79. The third-order valence-electron chi connectivity index (χ3n) is 3.12. The van der Waals surface area contributed by atoms with Crippen molar-refractivity contribution in [1.82, 2.24) is 10.3 Å². The topological polar surface area (TPSA) is 114 Å². The molecular formula is C15H13N3O4S. The molecule has 0 unspecified atom stereocenters. The van der Waals surface area contributed by atoms with Gasteiger partial charge in [0.1, 0.15) is 5.58 Å². The second-order valence-corrected chi connectivity index (χ2v) is 6.46. The summed E-state index contributed by atoms with van der Waals surface area (Å²) in [6.45, 7) is 0. The number of fused-ring (bicyclic) bond motifs is 1. The number of amides is 1. The van der Waals surface area contributed by atoms with Crippen molar-refractivity contribution in [2.75, 3.05) is 5.73 Å². The summed E-state index contributed by atoms with van der Waals surface area (Å²) in [6.07, 6.45) is 0. The highest BCUT2D eigenvalue weighted by Crippen LogP contribution is 2.21. The standard InChI is InChI=1S/C15H13N3O4S/c16-11-6-7-13-10(8-11)9-14(22-13)15(19)17-18-23(20,21)12-4-2-1-3-5-12/h1-9,18H,16H2,(H,17,19). The first-order valence-corrected chi connectivity index (χ1v) is 8.10. The van der Waals surface area contributed by atoms with Crippen LogP contribution in [0.1, 0.15) is 10.6 Å². The Morgan fingerprint density at radius 3 is 2.52 bits per heavy atom. The van der Waals surface area contributed by atoms with E-state index in [0.717, 1.165) is 0 Å². The molecule has 0 saturated heterocycles. The number of carbonyl (C=O) groups excluding carboxylic acids is 1. The highest BCUT2D eigenvalue weighted by molar-refractivity contribution is 7.89. The van der Waals surface area contributed by atoms with E-state index in [-0.39, 0.29) is 10.7 Å². The van der Waals surface area contributed by atoms with Gasteiger partial charge in [-0.25, -0.2) is 8.42 Å². The van der Waals surface area contributed by atoms with Crippen LogP contribution >= 0.6 is 0 Å². The van der Waals surface area contributed by atoms with Crippen molar-refractivity contribution in [3.63, 3.8) is 0 Å². The molecule has 1 amide bonds. The quantitative estimate of drug-likeness (QED) is 0.496. The fourth-order valence-corrected chi connectivity index (χ4v) is 2.87. The maximum atomic E-state index is 12.0. The molecule has 8 heteroatoms. The third-order valence-corrected chi connectivity index (χ3v) is 4.38. The molecule has 118 valence electrons. The highest BCUT2D eigenvalue weighted by atomic mass is 32.2. The van der Waals surface area contributed by atoms with Crippen molar-refractivity contribution in [1.29, 1.82) is 0 Å². The number of nitrogens with one attached hydrogen (secondary N) is 2. The summed E-state index contributed by atoms with van der Waals surface area (Å²) >= 11 is 0. The van der Waals surface area contributed by atoms with E-state index in [4.69, 9.17) is 10.2 Å². The Kier molecular flexibility index (Phi) is 3.77. The summed E-state index contributed by atoms with van der Waals surface area (Å²) in [5, 5.41) is 0.654. The first kappa shape index (κ1) is 15.1. The zero-order valence-corrected chi connectivity index (χ0v) is 12.6. The van der Waals surface area contributed by atoms with E-state index in [1.807, 2.05) is 4.83 Å². The number of nitrogen functional groups attached to an aromatic ring is 1. The average molecular weight is 331 g/mol. The Balaban J connectivity index is 1.76. The van der Waals surface area contributed by atoms with Gasteiger partial charge in [0.05, 0.1) is 4.90 Å². The Labute approximate surface area is 132 Å². The molecule has 3 rings (SSSR count). The van der Waals surface area contributed by atoms with Gasteiger partial charge in [-0.05, 0) is 36.4 Å². The average Bonchev–Trinajstić information content (AvgIpc) is 2.96. The molecular weight excluding hydrogens is 318 g/mol. The second kappa shape index (κ2) is 5.75. The minimum absolute atomic E-state index is 0.0265. The predicted molar refractivity (Wildman–Crippen MR) is 84.9 cm³/mol. The highest BCUT2D eigenvalue weighted by Gasteiger charge is 2.17. The lowest BCUT2D eigenvalue weighted by molar-refractivity contribution is 0.0919. The van der Waals surface area contributed by atoms with Crippen LogP contribution in [-0.4, -0.2) is 14.3 Å². The fraction of sp³-hybridized carbons (Fsp3) is 0. The molecule has 0 bridgehead atoms. The van der Waals surface area contributed by atoms with E-state index in [1.165, 1.54) is 18.2 Å². The molecule has 4 N–H and O–H groups in total. The van der Waals surface area contributed by atoms with Gasteiger partial charge in [0, 0.05) is 11.1 Å². The zero-order chi connectivity index (χ0) is 16.4. The van der Waals surface area contributed by atoms with Gasteiger partial charge in [-0.2, -0.15) is 0 Å². The van der Waals surface area contributed by atoms with Gasteiger partial charge in [-0.15, -0.1) is 4.83 Å². The first-order chi connectivity index (χ1) is 11.0. The Bertz CT molecular complexity index is 965. The molecule has 1 aromatic heterocycles. The van der Waals surface area contributed by atoms with Crippen molar-refractivity contribution < 1.29 is 17.6 Å². The van der Waals surface area contributed by atoms with Gasteiger partial charge in [-0.3, -0.25) is 10.2 Å². The van der Waals surface area contributed by atoms with Crippen LogP contribution in [0.3, 0.4) is 0 Å². The minimum atomic E-state index is -3.84. The van der Waals surface area contributed by atoms with Gasteiger partial charge in [-0.1, -0.05) is 18.2 Å². The molecule has 0 aliphatic heterocycles. The number of hydrogen-bond acceptors (Lipinski definition) is 5. The molecule has 0 saturated carbocycles. The smallest absolute Gasteiger partial charge is 0.301 e. The molecule has 3 aromatic rings. The van der Waals surface area contributed by atoms with Crippen LogP contribution in [0.5, 0.6) is 0 Å². The number of furan rings is 1. The first-order valence-electron chi connectivity index (χ1n) is 6.62. The third kappa shape index (κ3) is 3.17. The normalized spacial score (nSPS) is 11.5. The second-order valence-electron chi connectivity index (χ2n) is 4.78. The predicted octanol–water partition coefficient (Wildman–Crippen LogP) is 1.64. The molecule has 23 heavy (non-hydrogen) atoms. The van der Waals surface area contributed by atoms with Crippen LogP contribution in [-0.2, 0) is 10.0 Å². The van der Waals surface area contributed by atoms with Crippen molar-refractivity contribution >= 4 is 32.6 Å². The largest absolute Gasteiger partial charge is 0.451 e. The maximum absolute atomic E-state index is 12.0. The molecule has 1 heterocycles. The van der Waals surface area contributed by atoms with Gasteiger partial charge in [0.25, 0.3) is 10.0 Å². The van der Waals surface area contributed by atoms with E-state index < -0.39 is 15.9 Å². The summed E-state index contributed by atoms with van der Waals surface area (Å²) in [4.78, 5) is 14.1. The zero-order valence-electron chi connectivity index (χ0n) is 11.8. The molecule has 0 aliphatic carbocycles. The Morgan fingerprint density at radius 2 is 1.78 bits per heavy atom. The lowest BCUT2D eigenvalue weighted by Crippen LogP contribution is -2.41. The molecule has 0 radical (unpaired) electrons. The van der Waals surface area contributed by atoms with E-state index in [1.54, 1.807) is 36.4 Å². The number of hydrazine groups is 1. The van der Waals surface area contributed by atoms with Crippen molar-refractivity contribution in [2.24, 2.45) is 0 Å². The molecule has 0 aliphatic rings. The summed E-state index contributed by atoms with van der Waals surface area (Å²) in [6, 6.07) is 14.1. The van der Waals surface area contributed by atoms with Crippen LogP contribution in [0, 0.1) is 0 Å². The van der Waals surface area contributed by atoms with Crippen LogP contribution in [0.2, 0.25) is 0 Å².